The summed E-state index contributed by atoms with van der Waals surface area (Å²) in [5, 5.41) is 11.4. The zero-order valence-corrected chi connectivity index (χ0v) is 15.4. The number of amides is 2. The molecule has 0 spiro atoms. The Bertz CT molecular complexity index is 951. The molecule has 29 heavy (non-hydrogen) atoms. The van der Waals surface area contributed by atoms with Crippen molar-refractivity contribution in [2.45, 2.75) is 12.2 Å². The number of hydrogen-bond acceptors (Lipinski definition) is 5. The van der Waals surface area contributed by atoms with E-state index in [1.54, 1.807) is 17.0 Å². The first-order valence-corrected chi connectivity index (χ1v) is 8.68. The number of benzene rings is 1. The van der Waals surface area contributed by atoms with E-state index in [1.807, 2.05) is 0 Å². The molecule has 1 fully saturated rings. The molecule has 7 nitrogen and oxygen atoms in total. The number of hydrogen-bond donors (Lipinski definition) is 1. The van der Waals surface area contributed by atoms with Crippen LogP contribution in [0, 0.1) is 11.3 Å². The van der Waals surface area contributed by atoms with Gasteiger partial charge in [0, 0.05) is 32.4 Å². The van der Waals surface area contributed by atoms with Crippen LogP contribution in [-0.2, 0) is 11.0 Å². The topological polar surface area (TPSA) is 89.6 Å². The number of likely N-dealkylation sites (N-methyl/N-ethyl adjacent to an activating group) is 1. The first-order chi connectivity index (χ1) is 13.8. The van der Waals surface area contributed by atoms with Gasteiger partial charge in [0.25, 0.3) is 5.91 Å². The summed E-state index contributed by atoms with van der Waals surface area (Å²) in [5.41, 5.74) is -1.30. The summed E-state index contributed by atoms with van der Waals surface area (Å²) in [6, 6.07) is 7.05. The molecule has 1 aromatic heterocycles. The summed E-state index contributed by atoms with van der Waals surface area (Å²) in [7, 11) is 1.42. The molecule has 1 saturated heterocycles. The highest BCUT2D eigenvalue weighted by molar-refractivity contribution is 5.96. The zero-order chi connectivity index (χ0) is 21.2. The highest BCUT2D eigenvalue weighted by Crippen LogP contribution is 2.35. The minimum atomic E-state index is -4.68. The fourth-order valence-corrected chi connectivity index (χ4v) is 3.25. The van der Waals surface area contributed by atoms with E-state index in [0.717, 1.165) is 12.1 Å². The summed E-state index contributed by atoms with van der Waals surface area (Å²) in [5.74, 6) is -0.844. The molecule has 0 aliphatic carbocycles. The smallest absolute Gasteiger partial charge is 0.417 e. The molecular weight excluding hydrogens is 389 g/mol. The fourth-order valence-electron chi connectivity index (χ4n) is 3.25. The highest BCUT2D eigenvalue weighted by atomic mass is 19.4. The largest absolute Gasteiger partial charge is 0.459 e. The van der Waals surface area contributed by atoms with Gasteiger partial charge in [-0.05, 0) is 30.3 Å². The van der Waals surface area contributed by atoms with Gasteiger partial charge in [-0.25, -0.2) is 0 Å². The first kappa shape index (κ1) is 20.3. The number of rotatable bonds is 3. The maximum atomic E-state index is 13.3. The third kappa shape index (κ3) is 4.03. The first-order valence-electron chi connectivity index (χ1n) is 8.68. The van der Waals surface area contributed by atoms with Crippen molar-refractivity contribution in [3.05, 3.63) is 53.5 Å². The lowest BCUT2D eigenvalue weighted by molar-refractivity contribution is -0.137. The van der Waals surface area contributed by atoms with Crippen molar-refractivity contribution >= 4 is 17.5 Å². The van der Waals surface area contributed by atoms with Crippen molar-refractivity contribution in [3.63, 3.8) is 0 Å². The molecule has 0 bridgehead atoms. The molecule has 2 amide bonds. The lowest BCUT2D eigenvalue weighted by atomic mass is 10.0. The maximum Gasteiger partial charge on any atom is 0.417 e. The van der Waals surface area contributed by atoms with Crippen LogP contribution in [0.2, 0.25) is 0 Å². The van der Waals surface area contributed by atoms with Gasteiger partial charge in [-0.2, -0.15) is 18.4 Å². The molecule has 1 aromatic carbocycles. The molecule has 1 aliphatic rings. The zero-order valence-electron chi connectivity index (χ0n) is 15.4. The SMILES string of the molecule is CNC(=O)C1CN(c2ccc(C#N)c(C(F)(F)F)c2)CCN1C(=O)c1ccco1. The summed E-state index contributed by atoms with van der Waals surface area (Å²) in [4.78, 5) is 27.9. The molecule has 2 heterocycles. The Labute approximate surface area is 164 Å². The van der Waals surface area contributed by atoms with Crippen LogP contribution in [0.15, 0.2) is 41.0 Å². The van der Waals surface area contributed by atoms with Crippen LogP contribution in [0.25, 0.3) is 0 Å². The minimum absolute atomic E-state index is 0.00464. The molecule has 152 valence electrons. The number of alkyl halides is 3. The second-order valence-corrected chi connectivity index (χ2v) is 6.39. The molecule has 2 aromatic rings. The third-order valence-corrected chi connectivity index (χ3v) is 4.72. The Morgan fingerprint density at radius 2 is 2.03 bits per heavy atom. The van der Waals surface area contributed by atoms with E-state index in [1.165, 1.54) is 30.3 Å². The van der Waals surface area contributed by atoms with Gasteiger partial charge in [0.15, 0.2) is 5.76 Å². The average Bonchev–Trinajstić information content (AvgIpc) is 3.26. The lowest BCUT2D eigenvalue weighted by Gasteiger charge is -2.41. The Hall–Kier alpha value is -3.48. The van der Waals surface area contributed by atoms with Crippen LogP contribution < -0.4 is 10.2 Å². The number of anilines is 1. The average molecular weight is 406 g/mol. The predicted octanol–water partition coefficient (Wildman–Crippen LogP) is 2.25. The quantitative estimate of drug-likeness (QED) is 0.845. The lowest BCUT2D eigenvalue weighted by Crippen LogP contribution is -2.60. The van der Waals surface area contributed by atoms with E-state index in [4.69, 9.17) is 9.68 Å². The number of carbonyl (C=O) groups is 2. The molecule has 1 N–H and O–H groups in total. The Balaban J connectivity index is 1.90. The van der Waals surface area contributed by atoms with Crippen LogP contribution in [0.1, 0.15) is 21.7 Å². The van der Waals surface area contributed by atoms with E-state index in [0.29, 0.717) is 0 Å². The van der Waals surface area contributed by atoms with E-state index in [-0.39, 0.29) is 31.1 Å². The van der Waals surface area contributed by atoms with Gasteiger partial charge < -0.3 is 19.5 Å². The number of piperazine rings is 1. The van der Waals surface area contributed by atoms with Crippen molar-refractivity contribution in [2.24, 2.45) is 0 Å². The molecule has 10 heteroatoms. The van der Waals surface area contributed by atoms with Crippen LogP contribution in [0.5, 0.6) is 0 Å². The normalized spacial score (nSPS) is 17.0. The van der Waals surface area contributed by atoms with E-state index in [2.05, 4.69) is 5.32 Å². The van der Waals surface area contributed by atoms with Crippen LogP contribution in [0.3, 0.4) is 0 Å². The molecular formula is C19H17F3N4O3. The van der Waals surface area contributed by atoms with Crippen molar-refractivity contribution in [3.8, 4) is 6.07 Å². The third-order valence-electron chi connectivity index (χ3n) is 4.72. The van der Waals surface area contributed by atoms with Gasteiger partial charge in [0.05, 0.1) is 23.5 Å². The van der Waals surface area contributed by atoms with Crippen molar-refractivity contribution in [1.82, 2.24) is 10.2 Å². The molecule has 0 saturated carbocycles. The van der Waals surface area contributed by atoms with Gasteiger partial charge in [-0.15, -0.1) is 0 Å². The van der Waals surface area contributed by atoms with Crippen LogP contribution in [0.4, 0.5) is 18.9 Å². The van der Waals surface area contributed by atoms with Crippen LogP contribution >= 0.6 is 0 Å². The van der Waals surface area contributed by atoms with Gasteiger partial charge in [0.1, 0.15) is 6.04 Å². The van der Waals surface area contributed by atoms with Crippen molar-refractivity contribution in [2.75, 3.05) is 31.6 Å². The number of carbonyl (C=O) groups excluding carboxylic acids is 2. The fraction of sp³-hybridized carbons (Fsp3) is 0.316. The summed E-state index contributed by atoms with van der Waals surface area (Å²) in [6.07, 6.45) is -3.34. The van der Waals surface area contributed by atoms with Gasteiger partial charge in [0.2, 0.25) is 5.91 Å². The van der Waals surface area contributed by atoms with E-state index in [9.17, 15) is 22.8 Å². The number of nitrogens with zero attached hydrogens (tertiary/aromatic N) is 3. The second-order valence-electron chi connectivity index (χ2n) is 6.39. The van der Waals surface area contributed by atoms with Gasteiger partial charge in [-0.1, -0.05) is 0 Å². The van der Waals surface area contributed by atoms with Crippen LogP contribution in [-0.4, -0.2) is 49.4 Å². The van der Waals surface area contributed by atoms with Gasteiger partial charge >= 0.3 is 6.18 Å². The monoisotopic (exact) mass is 406 g/mol. The molecule has 0 radical (unpaired) electrons. The predicted molar refractivity (Wildman–Crippen MR) is 96.0 cm³/mol. The second kappa shape index (κ2) is 7.87. The van der Waals surface area contributed by atoms with Gasteiger partial charge in [-0.3, -0.25) is 9.59 Å². The number of halogens is 3. The molecule has 1 atom stereocenters. The molecule has 1 aliphatic heterocycles. The molecule has 3 rings (SSSR count). The van der Waals surface area contributed by atoms with Crippen molar-refractivity contribution < 1.29 is 27.2 Å². The maximum absolute atomic E-state index is 13.3. The van der Waals surface area contributed by atoms with E-state index >= 15 is 0 Å². The summed E-state index contributed by atoms with van der Waals surface area (Å²) < 4.78 is 44.9. The molecule has 1 unspecified atom stereocenters. The van der Waals surface area contributed by atoms with Crippen molar-refractivity contribution in [1.29, 1.82) is 5.26 Å². The summed E-state index contributed by atoms with van der Waals surface area (Å²) in [6.45, 7) is 0.317. The highest BCUT2D eigenvalue weighted by Gasteiger charge is 2.38. The summed E-state index contributed by atoms with van der Waals surface area (Å²) >= 11 is 0. The number of nitrogens with one attached hydrogen (secondary N) is 1. The Morgan fingerprint density at radius 3 is 2.62 bits per heavy atom. The Morgan fingerprint density at radius 1 is 1.28 bits per heavy atom. The van der Waals surface area contributed by atoms with E-state index < -0.39 is 35.2 Å². The number of furan rings is 1. The standard InChI is InChI=1S/C19H17F3N4O3/c1-24-17(27)15-11-25(6-7-26(15)18(28)16-3-2-8-29-16)13-5-4-12(10-23)14(9-13)19(20,21)22/h2-5,8-9,15H,6-7,11H2,1H3,(H,24,27). The minimum Gasteiger partial charge on any atom is -0.459 e. The Kier molecular flexibility index (Phi) is 5.50. The number of nitriles is 1.